The van der Waals surface area contributed by atoms with E-state index in [9.17, 15) is 5.21 Å². The Morgan fingerprint density at radius 2 is 1.67 bits per heavy atom. The Kier molecular flexibility index (Phi) is 2.85. The van der Waals surface area contributed by atoms with Crippen molar-refractivity contribution in [2.75, 3.05) is 0 Å². The molecule has 18 heavy (non-hydrogen) atoms. The van der Waals surface area contributed by atoms with E-state index >= 15 is 0 Å². The molecule has 1 atom stereocenters. The van der Waals surface area contributed by atoms with Crippen LogP contribution in [0.5, 0.6) is 0 Å². The molecule has 0 unspecified atom stereocenters. The lowest BCUT2D eigenvalue weighted by Gasteiger charge is -2.25. The summed E-state index contributed by atoms with van der Waals surface area (Å²) in [4.78, 5) is 0. The van der Waals surface area contributed by atoms with E-state index < -0.39 is 0 Å². The lowest BCUT2D eigenvalue weighted by atomic mass is 9.78. The van der Waals surface area contributed by atoms with Gasteiger partial charge in [-0.15, -0.1) is 0 Å². The minimum absolute atomic E-state index is 0.200. The Balaban J connectivity index is 2.06. The summed E-state index contributed by atoms with van der Waals surface area (Å²) in [6.45, 7) is 0. The largest absolute Gasteiger partial charge is 0.411 e. The maximum absolute atomic E-state index is 9.36. The number of hydrogen-bond acceptors (Lipinski definition) is 2. The minimum Gasteiger partial charge on any atom is -0.411 e. The van der Waals surface area contributed by atoms with Gasteiger partial charge in [-0.25, -0.2) is 0 Å². The molecule has 2 nitrogen and oxygen atoms in total. The van der Waals surface area contributed by atoms with Gasteiger partial charge < -0.3 is 5.21 Å². The summed E-state index contributed by atoms with van der Waals surface area (Å²) in [5.74, 6) is 0.200. The maximum Gasteiger partial charge on any atom is 0.0945 e. The fourth-order valence-electron chi connectivity index (χ4n) is 2.75. The van der Waals surface area contributed by atoms with Gasteiger partial charge in [0.1, 0.15) is 0 Å². The van der Waals surface area contributed by atoms with Crippen molar-refractivity contribution in [3.05, 3.63) is 71.3 Å². The molecule has 3 rings (SSSR count). The normalized spacial score (nSPS) is 20.7. The van der Waals surface area contributed by atoms with Crippen LogP contribution in [0.1, 0.15) is 29.0 Å². The van der Waals surface area contributed by atoms with Gasteiger partial charge in [-0.3, -0.25) is 0 Å². The molecule has 0 saturated carbocycles. The average Bonchev–Trinajstić information content (AvgIpc) is 2.47. The highest BCUT2D eigenvalue weighted by Crippen LogP contribution is 2.32. The van der Waals surface area contributed by atoms with E-state index in [0.29, 0.717) is 0 Å². The van der Waals surface area contributed by atoms with Crippen molar-refractivity contribution in [1.29, 1.82) is 0 Å². The Morgan fingerprint density at radius 1 is 0.944 bits per heavy atom. The predicted octanol–water partition coefficient (Wildman–Crippen LogP) is 3.59. The number of benzene rings is 2. The SMILES string of the molecule is O/N=C1/c2ccccc2CC[C@@H]1c1ccccc1. The van der Waals surface area contributed by atoms with Gasteiger partial charge in [0.15, 0.2) is 0 Å². The standard InChI is InChI=1S/C16H15NO/c18-17-16-14-9-5-4-8-13(14)10-11-15(16)12-6-2-1-3-7-12/h1-9,15,18H,10-11H2/b17-16-/t15-/m1/s1. The highest BCUT2D eigenvalue weighted by molar-refractivity contribution is 6.06. The zero-order valence-electron chi connectivity index (χ0n) is 10.1. The first-order valence-corrected chi connectivity index (χ1v) is 6.25. The minimum atomic E-state index is 0.200. The highest BCUT2D eigenvalue weighted by atomic mass is 16.4. The third kappa shape index (κ3) is 1.80. The quantitative estimate of drug-likeness (QED) is 0.596. The van der Waals surface area contributed by atoms with Crippen molar-refractivity contribution in [2.24, 2.45) is 5.16 Å². The molecule has 0 aromatic heterocycles. The smallest absolute Gasteiger partial charge is 0.0945 e. The highest BCUT2D eigenvalue weighted by Gasteiger charge is 2.26. The summed E-state index contributed by atoms with van der Waals surface area (Å²) in [5.41, 5.74) is 4.38. The fraction of sp³-hybridized carbons (Fsp3) is 0.188. The average molecular weight is 237 g/mol. The number of nitrogens with zero attached hydrogens (tertiary/aromatic N) is 1. The molecule has 0 radical (unpaired) electrons. The van der Waals surface area contributed by atoms with E-state index in [2.05, 4.69) is 23.4 Å². The third-order valence-electron chi connectivity index (χ3n) is 3.64. The van der Waals surface area contributed by atoms with Crippen LogP contribution in [-0.4, -0.2) is 10.9 Å². The summed E-state index contributed by atoms with van der Waals surface area (Å²) in [6, 6.07) is 18.5. The van der Waals surface area contributed by atoms with Crippen LogP contribution in [0.25, 0.3) is 0 Å². The molecule has 2 heteroatoms. The second-order valence-electron chi connectivity index (χ2n) is 4.64. The van der Waals surface area contributed by atoms with E-state index in [-0.39, 0.29) is 5.92 Å². The summed E-state index contributed by atoms with van der Waals surface area (Å²) < 4.78 is 0. The van der Waals surface area contributed by atoms with E-state index in [1.807, 2.05) is 36.4 Å². The summed E-state index contributed by atoms with van der Waals surface area (Å²) in [5, 5.41) is 12.9. The first-order valence-electron chi connectivity index (χ1n) is 6.25. The Morgan fingerprint density at radius 3 is 2.44 bits per heavy atom. The van der Waals surface area contributed by atoms with Gasteiger partial charge in [0.2, 0.25) is 0 Å². The van der Waals surface area contributed by atoms with Crippen LogP contribution in [-0.2, 0) is 6.42 Å². The van der Waals surface area contributed by atoms with Crippen LogP contribution in [0.3, 0.4) is 0 Å². The molecule has 0 saturated heterocycles. The van der Waals surface area contributed by atoms with Gasteiger partial charge in [0, 0.05) is 11.5 Å². The fourth-order valence-corrected chi connectivity index (χ4v) is 2.75. The summed E-state index contributed by atoms with van der Waals surface area (Å²) in [6.07, 6.45) is 2.04. The van der Waals surface area contributed by atoms with Crippen LogP contribution in [0.2, 0.25) is 0 Å². The van der Waals surface area contributed by atoms with Gasteiger partial charge in [-0.1, -0.05) is 59.8 Å². The van der Waals surface area contributed by atoms with Gasteiger partial charge in [-0.2, -0.15) is 0 Å². The molecule has 0 bridgehead atoms. The molecule has 2 aromatic rings. The molecule has 0 aliphatic heterocycles. The number of rotatable bonds is 1. The molecule has 0 heterocycles. The van der Waals surface area contributed by atoms with Crippen LogP contribution in [0, 0.1) is 0 Å². The molecular formula is C16H15NO. The van der Waals surface area contributed by atoms with Crippen LogP contribution < -0.4 is 0 Å². The first-order chi connectivity index (χ1) is 8.90. The molecule has 1 aliphatic carbocycles. The molecule has 2 aromatic carbocycles. The van der Waals surface area contributed by atoms with Gasteiger partial charge >= 0.3 is 0 Å². The van der Waals surface area contributed by atoms with Crippen molar-refractivity contribution in [1.82, 2.24) is 0 Å². The number of fused-ring (bicyclic) bond motifs is 1. The lowest BCUT2D eigenvalue weighted by Crippen LogP contribution is -2.21. The van der Waals surface area contributed by atoms with Crippen molar-refractivity contribution in [3.8, 4) is 0 Å². The second kappa shape index (κ2) is 4.65. The van der Waals surface area contributed by atoms with Crippen LogP contribution in [0.15, 0.2) is 59.8 Å². The molecule has 0 spiro atoms. The van der Waals surface area contributed by atoms with Gasteiger partial charge in [0.25, 0.3) is 0 Å². The van der Waals surface area contributed by atoms with Crippen LogP contribution in [0.4, 0.5) is 0 Å². The Bertz CT molecular complexity index is 575. The number of oxime groups is 1. The van der Waals surface area contributed by atoms with Crippen LogP contribution >= 0.6 is 0 Å². The van der Waals surface area contributed by atoms with Gasteiger partial charge in [-0.05, 0) is 24.0 Å². The lowest BCUT2D eigenvalue weighted by molar-refractivity contribution is 0.316. The topological polar surface area (TPSA) is 32.6 Å². The summed E-state index contributed by atoms with van der Waals surface area (Å²) in [7, 11) is 0. The Hall–Kier alpha value is -2.09. The van der Waals surface area contributed by atoms with Crippen molar-refractivity contribution in [3.63, 3.8) is 0 Å². The van der Waals surface area contributed by atoms with E-state index in [1.165, 1.54) is 11.1 Å². The first kappa shape index (κ1) is 11.0. The van der Waals surface area contributed by atoms with Crippen molar-refractivity contribution >= 4 is 5.71 Å². The molecule has 1 aliphatic rings. The zero-order valence-corrected chi connectivity index (χ0v) is 10.1. The number of aryl methyl sites for hydroxylation is 1. The monoisotopic (exact) mass is 237 g/mol. The molecule has 0 fully saturated rings. The van der Waals surface area contributed by atoms with Crippen molar-refractivity contribution < 1.29 is 5.21 Å². The number of hydrogen-bond donors (Lipinski definition) is 1. The zero-order chi connectivity index (χ0) is 12.4. The Labute approximate surface area is 107 Å². The third-order valence-corrected chi connectivity index (χ3v) is 3.64. The maximum atomic E-state index is 9.36. The predicted molar refractivity (Wildman–Crippen MR) is 72.3 cm³/mol. The molecular weight excluding hydrogens is 222 g/mol. The van der Waals surface area contributed by atoms with E-state index in [4.69, 9.17) is 0 Å². The van der Waals surface area contributed by atoms with Gasteiger partial charge in [0.05, 0.1) is 5.71 Å². The van der Waals surface area contributed by atoms with E-state index in [0.717, 1.165) is 24.1 Å². The molecule has 0 amide bonds. The molecule has 90 valence electrons. The second-order valence-corrected chi connectivity index (χ2v) is 4.64. The summed E-state index contributed by atoms with van der Waals surface area (Å²) >= 11 is 0. The van der Waals surface area contributed by atoms with E-state index in [1.54, 1.807) is 0 Å². The van der Waals surface area contributed by atoms with Crippen molar-refractivity contribution in [2.45, 2.75) is 18.8 Å². The molecule has 1 N–H and O–H groups in total.